The van der Waals surface area contributed by atoms with Crippen LogP contribution in [0.2, 0.25) is 0 Å². The zero-order chi connectivity index (χ0) is 33.8. The van der Waals surface area contributed by atoms with Crippen molar-refractivity contribution in [1.82, 2.24) is 15.3 Å². The second kappa shape index (κ2) is 14.1. The van der Waals surface area contributed by atoms with E-state index in [1.165, 1.54) is 20.1 Å². The molecule has 1 aromatic heterocycles. The minimum absolute atomic E-state index is 0.140. The maximum atomic E-state index is 13.9. The lowest BCUT2D eigenvalue weighted by molar-refractivity contribution is -0.120. The average molecular weight is 644 g/mol. The maximum Gasteiger partial charge on any atom is 0.247 e. The summed E-state index contributed by atoms with van der Waals surface area (Å²) < 4.78 is 17.2. The molecule has 0 aliphatic heterocycles. The van der Waals surface area contributed by atoms with Crippen LogP contribution in [0, 0.1) is 5.92 Å². The van der Waals surface area contributed by atoms with Crippen molar-refractivity contribution in [1.29, 1.82) is 0 Å². The van der Waals surface area contributed by atoms with Gasteiger partial charge in [-0.1, -0.05) is 26.3 Å². The molecule has 0 fully saturated rings. The molecular weight excluding hydrogens is 602 g/mol. The molecule has 1 aliphatic carbocycles. The van der Waals surface area contributed by atoms with E-state index in [1.54, 1.807) is 38.5 Å². The van der Waals surface area contributed by atoms with Crippen molar-refractivity contribution in [2.45, 2.75) is 58.7 Å². The van der Waals surface area contributed by atoms with Crippen LogP contribution < -0.4 is 35.6 Å². The van der Waals surface area contributed by atoms with E-state index in [9.17, 15) is 19.5 Å². The number of hydrogen-bond acceptors (Lipinski definition) is 9. The molecule has 0 saturated heterocycles. The van der Waals surface area contributed by atoms with E-state index in [-0.39, 0.29) is 35.5 Å². The molecule has 3 aromatic carbocycles. The number of rotatable bonds is 11. The molecule has 1 aliphatic rings. The molecular formula is C35H41N5O7. The standard InChI is InChI=1S/C35H41N5O7/c1-7-18(2)32(35(44)37-21-9-12-25-27(15-21)39-30(17-41)38-25)40-26-13-10-22-23(16-28(26)43)24(36-19(3)42)11-8-20-14-29(45-4)33(46-5)34(47-6)31(20)22/h9-10,12-16,18,24,32,41H,7-8,11,17H2,1-6H3,(H,36,42)(H,37,44)(H,38,39)(H,40,43)/t18-,24-,32+/m0/s1. The van der Waals surface area contributed by atoms with Gasteiger partial charge in [0.15, 0.2) is 11.5 Å². The van der Waals surface area contributed by atoms with E-state index in [1.807, 2.05) is 26.0 Å². The quantitative estimate of drug-likeness (QED) is 0.156. The molecule has 1 heterocycles. The Morgan fingerprint density at radius 3 is 2.49 bits per heavy atom. The summed E-state index contributed by atoms with van der Waals surface area (Å²) in [7, 11) is 4.64. The van der Waals surface area contributed by atoms with Crippen molar-refractivity contribution < 1.29 is 28.9 Å². The number of ether oxygens (including phenoxy) is 3. The topological polar surface area (TPSA) is 164 Å². The summed E-state index contributed by atoms with van der Waals surface area (Å²) in [4.78, 5) is 47.3. The van der Waals surface area contributed by atoms with Crippen LogP contribution >= 0.6 is 0 Å². The monoisotopic (exact) mass is 643 g/mol. The Hall–Kier alpha value is -5.10. The van der Waals surface area contributed by atoms with E-state index >= 15 is 0 Å². The predicted octanol–water partition coefficient (Wildman–Crippen LogP) is 4.70. The highest BCUT2D eigenvalue weighted by molar-refractivity contribution is 5.98. The number of nitrogens with zero attached hydrogens (tertiary/aromatic N) is 1. The number of anilines is 2. The molecule has 0 unspecified atom stereocenters. The predicted molar refractivity (Wildman–Crippen MR) is 180 cm³/mol. The Bertz CT molecular complexity index is 1870. The van der Waals surface area contributed by atoms with Gasteiger partial charge < -0.3 is 40.3 Å². The summed E-state index contributed by atoms with van der Waals surface area (Å²) in [6, 6.07) is 11.0. The fourth-order valence-corrected chi connectivity index (χ4v) is 6.13. The van der Waals surface area contributed by atoms with E-state index in [0.29, 0.717) is 70.2 Å². The lowest BCUT2D eigenvalue weighted by atomic mass is 9.95. The van der Waals surface area contributed by atoms with Gasteiger partial charge in [-0.2, -0.15) is 0 Å². The lowest BCUT2D eigenvalue weighted by Gasteiger charge is -2.24. The zero-order valence-corrected chi connectivity index (χ0v) is 27.4. The van der Waals surface area contributed by atoms with Gasteiger partial charge in [0.2, 0.25) is 23.0 Å². The Morgan fingerprint density at radius 1 is 1.06 bits per heavy atom. The van der Waals surface area contributed by atoms with Crippen molar-refractivity contribution in [2.24, 2.45) is 5.92 Å². The van der Waals surface area contributed by atoms with Gasteiger partial charge in [0.25, 0.3) is 0 Å². The number of hydrogen-bond donors (Lipinski definition) is 5. The first-order valence-electron chi connectivity index (χ1n) is 15.6. The molecule has 4 aromatic rings. The number of aliphatic hydroxyl groups excluding tert-OH is 1. The van der Waals surface area contributed by atoms with Crippen LogP contribution in [0.3, 0.4) is 0 Å². The summed E-state index contributed by atoms with van der Waals surface area (Å²) in [5, 5.41) is 18.6. The highest BCUT2D eigenvalue weighted by Crippen LogP contribution is 2.50. The molecule has 5 N–H and O–H groups in total. The van der Waals surface area contributed by atoms with Crippen LogP contribution in [0.25, 0.3) is 22.2 Å². The first kappa shape index (κ1) is 33.3. The Morgan fingerprint density at radius 2 is 1.83 bits per heavy atom. The van der Waals surface area contributed by atoms with Gasteiger partial charge in [0.05, 0.1) is 44.1 Å². The zero-order valence-electron chi connectivity index (χ0n) is 27.4. The van der Waals surface area contributed by atoms with Gasteiger partial charge in [-0.05, 0) is 71.8 Å². The van der Waals surface area contributed by atoms with E-state index in [2.05, 4.69) is 25.9 Å². The van der Waals surface area contributed by atoms with Crippen LogP contribution in [0.5, 0.6) is 17.2 Å². The van der Waals surface area contributed by atoms with Crippen LogP contribution in [0.1, 0.15) is 56.6 Å². The Labute approximate surface area is 272 Å². The van der Waals surface area contributed by atoms with E-state index in [0.717, 1.165) is 11.1 Å². The third kappa shape index (κ3) is 6.73. The second-order valence-corrected chi connectivity index (χ2v) is 11.7. The van der Waals surface area contributed by atoms with E-state index in [4.69, 9.17) is 14.2 Å². The van der Waals surface area contributed by atoms with Gasteiger partial charge in [-0.25, -0.2) is 4.98 Å². The number of H-pyrrole nitrogens is 1. The lowest BCUT2D eigenvalue weighted by Crippen LogP contribution is -2.40. The third-order valence-electron chi connectivity index (χ3n) is 8.67. The largest absolute Gasteiger partial charge is 0.493 e. The summed E-state index contributed by atoms with van der Waals surface area (Å²) in [5.41, 5.74) is 4.77. The molecule has 0 saturated carbocycles. The number of imidazole rings is 1. The number of aromatic amines is 1. The molecule has 3 atom stereocenters. The fraction of sp³-hybridized carbons (Fsp3) is 0.371. The van der Waals surface area contributed by atoms with Crippen molar-refractivity contribution in [3.8, 4) is 28.4 Å². The highest BCUT2D eigenvalue weighted by atomic mass is 16.5. The molecule has 47 heavy (non-hydrogen) atoms. The van der Waals surface area contributed by atoms with Gasteiger partial charge >= 0.3 is 0 Å². The summed E-state index contributed by atoms with van der Waals surface area (Å²) >= 11 is 0. The summed E-state index contributed by atoms with van der Waals surface area (Å²) in [6.07, 6.45) is 1.78. The number of nitrogens with one attached hydrogen (secondary N) is 4. The number of carbonyl (C=O) groups is 2. The Kier molecular flexibility index (Phi) is 10.00. The van der Waals surface area contributed by atoms with Crippen LogP contribution in [0.15, 0.2) is 47.3 Å². The molecule has 0 radical (unpaired) electrons. The van der Waals surface area contributed by atoms with Crippen molar-refractivity contribution in [3.05, 3.63) is 69.6 Å². The molecule has 0 bridgehead atoms. The number of amides is 2. The maximum absolute atomic E-state index is 13.9. The minimum Gasteiger partial charge on any atom is -0.493 e. The highest BCUT2D eigenvalue weighted by Gasteiger charge is 2.30. The van der Waals surface area contributed by atoms with Gasteiger partial charge in [0, 0.05) is 18.2 Å². The number of aromatic nitrogens is 2. The normalized spacial score (nSPS) is 15.0. The van der Waals surface area contributed by atoms with Crippen molar-refractivity contribution >= 4 is 34.2 Å². The fourth-order valence-electron chi connectivity index (χ4n) is 6.13. The van der Waals surface area contributed by atoms with E-state index < -0.39 is 12.1 Å². The minimum atomic E-state index is -0.752. The Balaban J connectivity index is 1.58. The second-order valence-electron chi connectivity index (χ2n) is 11.7. The molecule has 12 nitrogen and oxygen atoms in total. The van der Waals surface area contributed by atoms with Gasteiger partial charge in [-0.3, -0.25) is 14.4 Å². The van der Waals surface area contributed by atoms with Crippen molar-refractivity contribution in [2.75, 3.05) is 32.0 Å². The number of fused-ring (bicyclic) bond motifs is 4. The average Bonchev–Trinajstić information content (AvgIpc) is 3.34. The number of methoxy groups -OCH3 is 3. The van der Waals surface area contributed by atoms with Gasteiger partial charge in [-0.15, -0.1) is 0 Å². The van der Waals surface area contributed by atoms with Crippen molar-refractivity contribution in [3.63, 3.8) is 0 Å². The number of carbonyl (C=O) groups excluding carboxylic acids is 2. The van der Waals surface area contributed by atoms with Gasteiger partial charge in [0.1, 0.15) is 18.5 Å². The molecule has 0 spiro atoms. The molecule has 2 amide bonds. The van der Waals surface area contributed by atoms with Crippen LogP contribution in [0.4, 0.5) is 11.4 Å². The molecule has 248 valence electrons. The number of aliphatic hydroxyl groups is 1. The molecule has 12 heteroatoms. The SMILES string of the molecule is CC[C@H](C)[C@@H](Nc1ccc2c(cc1=O)[C@@H](NC(C)=O)CCc1cc(OC)c(OC)c(OC)c1-2)C(=O)Nc1ccc2nc(CO)[nH]c2c1. The number of aryl methyl sites for hydroxylation is 1. The third-order valence-corrected chi connectivity index (χ3v) is 8.67. The molecule has 5 rings (SSSR count). The smallest absolute Gasteiger partial charge is 0.247 e. The number of benzene rings is 2. The first-order valence-corrected chi connectivity index (χ1v) is 15.6. The summed E-state index contributed by atoms with van der Waals surface area (Å²) in [5.74, 6) is 1.14. The summed E-state index contributed by atoms with van der Waals surface area (Å²) in [6.45, 7) is 5.15. The van der Waals surface area contributed by atoms with Crippen LogP contribution in [-0.4, -0.2) is 54.3 Å². The first-order chi connectivity index (χ1) is 22.6. The van der Waals surface area contributed by atoms with Crippen LogP contribution in [-0.2, 0) is 22.6 Å².